The average molecular weight is 319 g/mol. The van der Waals surface area contributed by atoms with Crippen molar-refractivity contribution in [2.45, 2.75) is 58.1 Å². The minimum Gasteiger partial charge on any atom is -0.479 e. The van der Waals surface area contributed by atoms with Crippen molar-refractivity contribution in [3.05, 3.63) is 34.9 Å². The second-order valence-corrected chi connectivity index (χ2v) is 6.16. The van der Waals surface area contributed by atoms with Gasteiger partial charge in [-0.3, -0.25) is 4.79 Å². The maximum Gasteiger partial charge on any atom is 0.330 e. The van der Waals surface area contributed by atoms with Gasteiger partial charge in [0.1, 0.15) is 0 Å². The number of carboxylic acid groups (broad SMARTS) is 1. The van der Waals surface area contributed by atoms with Crippen LogP contribution in [-0.2, 0) is 14.3 Å². The summed E-state index contributed by atoms with van der Waals surface area (Å²) < 4.78 is 5.60. The molecule has 2 unspecified atom stereocenters. The summed E-state index contributed by atoms with van der Waals surface area (Å²) in [6.45, 7) is 4.56. The van der Waals surface area contributed by atoms with Crippen LogP contribution in [0, 0.1) is 13.8 Å². The van der Waals surface area contributed by atoms with E-state index in [2.05, 4.69) is 5.32 Å². The summed E-state index contributed by atoms with van der Waals surface area (Å²) in [7, 11) is 0. The second-order valence-electron chi connectivity index (χ2n) is 6.16. The molecule has 1 aromatic rings. The van der Waals surface area contributed by atoms with Crippen LogP contribution in [0.25, 0.3) is 0 Å². The Hall–Kier alpha value is -1.88. The average Bonchev–Trinajstić information content (AvgIpc) is 2.54. The van der Waals surface area contributed by atoms with Gasteiger partial charge < -0.3 is 15.2 Å². The summed E-state index contributed by atoms with van der Waals surface area (Å²) in [5.74, 6) is -1.28. The first-order chi connectivity index (χ1) is 11.0. The van der Waals surface area contributed by atoms with Crippen molar-refractivity contribution in [3.63, 3.8) is 0 Å². The second kappa shape index (κ2) is 8.11. The minimum absolute atomic E-state index is 0.124. The topological polar surface area (TPSA) is 75.6 Å². The standard InChI is InChI=1S/C18H25NO4/c1-12-6-5-8-15(13(12)2)17(18(21)22)19-16(20)10-9-14-7-3-4-11-23-14/h5-6,8,14,17H,3-4,7,9-11H2,1-2H3,(H,19,20)(H,21,22). The van der Waals surface area contributed by atoms with Gasteiger partial charge in [-0.05, 0) is 56.2 Å². The Labute approximate surface area is 137 Å². The number of hydrogen-bond donors (Lipinski definition) is 2. The van der Waals surface area contributed by atoms with Crippen LogP contribution in [0.1, 0.15) is 54.8 Å². The number of rotatable bonds is 6. The van der Waals surface area contributed by atoms with Crippen molar-refractivity contribution in [1.82, 2.24) is 5.32 Å². The minimum atomic E-state index is -1.04. The Morgan fingerprint density at radius 3 is 2.78 bits per heavy atom. The third kappa shape index (κ3) is 4.79. The molecule has 0 spiro atoms. The van der Waals surface area contributed by atoms with Crippen LogP contribution in [0.5, 0.6) is 0 Å². The lowest BCUT2D eigenvalue weighted by Gasteiger charge is -2.23. The summed E-state index contributed by atoms with van der Waals surface area (Å²) in [5, 5.41) is 12.1. The monoisotopic (exact) mass is 319 g/mol. The van der Waals surface area contributed by atoms with Gasteiger partial charge in [0.05, 0.1) is 6.10 Å². The van der Waals surface area contributed by atoms with Crippen molar-refractivity contribution < 1.29 is 19.4 Å². The van der Waals surface area contributed by atoms with E-state index < -0.39 is 12.0 Å². The molecular formula is C18H25NO4. The zero-order valence-corrected chi connectivity index (χ0v) is 13.8. The number of aryl methyl sites for hydroxylation is 1. The lowest BCUT2D eigenvalue weighted by molar-refractivity contribution is -0.142. The highest BCUT2D eigenvalue weighted by Gasteiger charge is 2.24. The molecule has 2 rings (SSSR count). The van der Waals surface area contributed by atoms with Crippen molar-refractivity contribution in [2.24, 2.45) is 0 Å². The van der Waals surface area contributed by atoms with Gasteiger partial charge in [-0.25, -0.2) is 4.79 Å². The molecule has 126 valence electrons. The van der Waals surface area contributed by atoms with Crippen LogP contribution >= 0.6 is 0 Å². The fourth-order valence-corrected chi connectivity index (χ4v) is 2.92. The van der Waals surface area contributed by atoms with E-state index in [0.717, 1.165) is 37.0 Å². The first-order valence-electron chi connectivity index (χ1n) is 8.19. The fraction of sp³-hybridized carbons (Fsp3) is 0.556. The van der Waals surface area contributed by atoms with Gasteiger partial charge in [0, 0.05) is 13.0 Å². The molecular weight excluding hydrogens is 294 g/mol. The van der Waals surface area contributed by atoms with Crippen molar-refractivity contribution in [2.75, 3.05) is 6.61 Å². The van der Waals surface area contributed by atoms with E-state index >= 15 is 0 Å². The Morgan fingerprint density at radius 2 is 2.13 bits per heavy atom. The quantitative estimate of drug-likeness (QED) is 0.845. The van der Waals surface area contributed by atoms with Crippen molar-refractivity contribution in [3.8, 4) is 0 Å². The van der Waals surface area contributed by atoms with Crippen molar-refractivity contribution in [1.29, 1.82) is 0 Å². The zero-order valence-electron chi connectivity index (χ0n) is 13.8. The highest BCUT2D eigenvalue weighted by molar-refractivity contribution is 5.84. The van der Waals surface area contributed by atoms with Crippen LogP contribution in [0.4, 0.5) is 0 Å². The van der Waals surface area contributed by atoms with E-state index in [1.54, 1.807) is 6.07 Å². The SMILES string of the molecule is Cc1cccc(C(NC(=O)CCC2CCCCO2)C(=O)O)c1C. The number of carbonyl (C=O) groups is 2. The van der Waals surface area contributed by atoms with Crippen molar-refractivity contribution >= 4 is 11.9 Å². The number of amides is 1. The lowest BCUT2D eigenvalue weighted by atomic mass is 9.97. The molecule has 0 radical (unpaired) electrons. The number of carbonyl (C=O) groups excluding carboxylic acids is 1. The van der Waals surface area contributed by atoms with E-state index in [4.69, 9.17) is 4.74 Å². The van der Waals surface area contributed by atoms with E-state index in [-0.39, 0.29) is 12.0 Å². The summed E-state index contributed by atoms with van der Waals surface area (Å²) in [6.07, 6.45) is 4.25. The Balaban J connectivity index is 1.97. The van der Waals surface area contributed by atoms with Gasteiger partial charge in [0.25, 0.3) is 0 Å². The molecule has 1 aliphatic rings. The maximum absolute atomic E-state index is 12.1. The molecule has 1 heterocycles. The van der Waals surface area contributed by atoms with Crippen LogP contribution < -0.4 is 5.32 Å². The Bertz CT molecular complexity index is 564. The molecule has 2 N–H and O–H groups in total. The number of nitrogens with one attached hydrogen (secondary N) is 1. The molecule has 0 bridgehead atoms. The molecule has 5 nitrogen and oxygen atoms in total. The number of ether oxygens (including phenoxy) is 1. The molecule has 5 heteroatoms. The summed E-state index contributed by atoms with van der Waals surface area (Å²) in [4.78, 5) is 23.7. The fourth-order valence-electron chi connectivity index (χ4n) is 2.92. The smallest absolute Gasteiger partial charge is 0.330 e. The first kappa shape index (κ1) is 17.5. The predicted octanol–water partition coefficient (Wildman–Crippen LogP) is 2.89. The van der Waals surface area contributed by atoms with E-state index in [1.807, 2.05) is 26.0 Å². The molecule has 23 heavy (non-hydrogen) atoms. The van der Waals surface area contributed by atoms with Crippen LogP contribution in [0.3, 0.4) is 0 Å². The third-order valence-corrected chi connectivity index (χ3v) is 4.48. The largest absolute Gasteiger partial charge is 0.479 e. The maximum atomic E-state index is 12.1. The molecule has 0 saturated carbocycles. The zero-order chi connectivity index (χ0) is 16.8. The van der Waals surface area contributed by atoms with E-state index in [1.165, 1.54) is 0 Å². The Kier molecular flexibility index (Phi) is 6.16. The first-order valence-corrected chi connectivity index (χ1v) is 8.19. The third-order valence-electron chi connectivity index (χ3n) is 4.48. The van der Waals surface area contributed by atoms with Gasteiger partial charge in [-0.1, -0.05) is 18.2 Å². The van der Waals surface area contributed by atoms with Gasteiger partial charge >= 0.3 is 5.97 Å². The number of carboxylic acids is 1. The van der Waals surface area contributed by atoms with Crippen LogP contribution in [-0.4, -0.2) is 29.7 Å². The van der Waals surface area contributed by atoms with E-state index in [0.29, 0.717) is 18.4 Å². The molecule has 0 aromatic heterocycles. The normalized spacial score (nSPS) is 19.1. The molecule has 1 saturated heterocycles. The Morgan fingerprint density at radius 1 is 1.35 bits per heavy atom. The summed E-state index contributed by atoms with van der Waals surface area (Å²) in [6, 6.07) is 4.50. The predicted molar refractivity (Wildman–Crippen MR) is 87.3 cm³/mol. The van der Waals surface area contributed by atoms with Crippen LogP contribution in [0.2, 0.25) is 0 Å². The van der Waals surface area contributed by atoms with Gasteiger partial charge in [-0.2, -0.15) is 0 Å². The molecule has 0 aliphatic carbocycles. The highest BCUT2D eigenvalue weighted by atomic mass is 16.5. The number of aliphatic carboxylic acids is 1. The molecule has 1 aromatic carbocycles. The molecule has 1 amide bonds. The van der Waals surface area contributed by atoms with Crippen LogP contribution in [0.15, 0.2) is 18.2 Å². The lowest BCUT2D eigenvalue weighted by Crippen LogP contribution is -2.35. The highest BCUT2D eigenvalue weighted by Crippen LogP contribution is 2.22. The number of benzene rings is 1. The summed E-state index contributed by atoms with van der Waals surface area (Å²) >= 11 is 0. The molecule has 1 aliphatic heterocycles. The van der Waals surface area contributed by atoms with E-state index in [9.17, 15) is 14.7 Å². The molecule has 2 atom stereocenters. The number of hydrogen-bond acceptors (Lipinski definition) is 3. The summed E-state index contributed by atoms with van der Waals surface area (Å²) in [5.41, 5.74) is 2.55. The van der Waals surface area contributed by atoms with Gasteiger partial charge in [-0.15, -0.1) is 0 Å². The van der Waals surface area contributed by atoms with Gasteiger partial charge in [0.2, 0.25) is 5.91 Å². The molecule has 1 fully saturated rings. The van der Waals surface area contributed by atoms with Gasteiger partial charge in [0.15, 0.2) is 6.04 Å².